The maximum absolute atomic E-state index is 11.7. The fourth-order valence-electron chi connectivity index (χ4n) is 2.09. The van der Waals surface area contributed by atoms with E-state index in [2.05, 4.69) is 0 Å². The van der Waals surface area contributed by atoms with Crippen molar-refractivity contribution in [2.75, 3.05) is 14.2 Å². The summed E-state index contributed by atoms with van der Waals surface area (Å²) in [6.07, 6.45) is 0.657. The number of ether oxygens (including phenoxy) is 2. The van der Waals surface area contributed by atoms with Gasteiger partial charge in [-0.2, -0.15) is 0 Å². The summed E-state index contributed by atoms with van der Waals surface area (Å²) in [6.45, 7) is 0. The van der Waals surface area contributed by atoms with Gasteiger partial charge >= 0.3 is 0 Å². The van der Waals surface area contributed by atoms with Crippen LogP contribution in [0.1, 0.15) is 22.3 Å². The SMILES string of the molecule is COc1cc([N+](=O)[O-])c2c(c1OC)C(=O)CC2. The van der Waals surface area contributed by atoms with E-state index in [1.165, 1.54) is 20.3 Å². The van der Waals surface area contributed by atoms with Gasteiger partial charge in [-0.15, -0.1) is 0 Å². The first-order chi connectivity index (χ1) is 8.10. The molecule has 0 amide bonds. The Bertz CT molecular complexity index is 509. The highest BCUT2D eigenvalue weighted by molar-refractivity contribution is 6.05. The van der Waals surface area contributed by atoms with Crippen LogP contribution in [0.3, 0.4) is 0 Å². The average molecular weight is 237 g/mol. The summed E-state index contributed by atoms with van der Waals surface area (Å²) in [5.74, 6) is 0.364. The van der Waals surface area contributed by atoms with Crippen LogP contribution < -0.4 is 9.47 Å². The molecule has 1 aliphatic rings. The lowest BCUT2D eigenvalue weighted by Crippen LogP contribution is -2.03. The number of Topliss-reactive ketones (excluding diaryl/α,β-unsaturated/α-hetero) is 1. The van der Waals surface area contributed by atoms with Crippen molar-refractivity contribution in [2.45, 2.75) is 12.8 Å². The summed E-state index contributed by atoms with van der Waals surface area (Å²) in [5, 5.41) is 10.9. The lowest BCUT2D eigenvalue weighted by molar-refractivity contribution is -0.385. The number of benzene rings is 1. The molecule has 1 aromatic carbocycles. The number of fused-ring (bicyclic) bond motifs is 1. The molecule has 0 aromatic heterocycles. The van der Waals surface area contributed by atoms with Crippen molar-refractivity contribution in [3.05, 3.63) is 27.3 Å². The second kappa shape index (κ2) is 4.04. The number of rotatable bonds is 3. The third-order valence-corrected chi connectivity index (χ3v) is 2.83. The molecule has 0 spiro atoms. The summed E-state index contributed by atoms with van der Waals surface area (Å²) < 4.78 is 10.1. The Kier molecular flexibility index (Phi) is 2.71. The molecule has 1 aliphatic carbocycles. The molecule has 0 saturated carbocycles. The number of nitro benzene ring substituents is 1. The predicted molar refractivity (Wildman–Crippen MR) is 58.9 cm³/mol. The quantitative estimate of drug-likeness (QED) is 0.591. The molecule has 2 rings (SSSR count). The van der Waals surface area contributed by atoms with E-state index in [0.717, 1.165) is 0 Å². The Hall–Kier alpha value is -2.11. The highest BCUT2D eigenvalue weighted by Crippen LogP contribution is 2.43. The molecular weight excluding hydrogens is 226 g/mol. The number of ketones is 1. The largest absolute Gasteiger partial charge is 0.493 e. The van der Waals surface area contributed by atoms with E-state index >= 15 is 0 Å². The number of carbonyl (C=O) groups is 1. The second-order valence-electron chi connectivity index (χ2n) is 3.67. The monoisotopic (exact) mass is 237 g/mol. The molecule has 0 aliphatic heterocycles. The molecule has 0 fully saturated rings. The van der Waals surface area contributed by atoms with E-state index in [4.69, 9.17) is 9.47 Å². The third-order valence-electron chi connectivity index (χ3n) is 2.83. The maximum atomic E-state index is 11.7. The van der Waals surface area contributed by atoms with Crippen LogP contribution in [0.25, 0.3) is 0 Å². The molecular formula is C11H11NO5. The lowest BCUT2D eigenvalue weighted by atomic mass is 10.1. The zero-order valence-electron chi connectivity index (χ0n) is 9.48. The van der Waals surface area contributed by atoms with Gasteiger partial charge in [0.05, 0.1) is 30.8 Å². The molecule has 90 valence electrons. The molecule has 6 nitrogen and oxygen atoms in total. The van der Waals surface area contributed by atoms with Crippen molar-refractivity contribution in [1.82, 2.24) is 0 Å². The predicted octanol–water partition coefficient (Wildman–Crippen LogP) is 1.74. The molecule has 0 bridgehead atoms. The summed E-state index contributed by atoms with van der Waals surface area (Å²) >= 11 is 0. The zero-order valence-corrected chi connectivity index (χ0v) is 9.48. The standard InChI is InChI=1S/C11H11NO5/c1-16-9-5-7(12(14)15)6-3-4-8(13)10(6)11(9)17-2/h5H,3-4H2,1-2H3. The van der Waals surface area contributed by atoms with Crippen LogP contribution in [0.5, 0.6) is 11.5 Å². The maximum Gasteiger partial charge on any atom is 0.277 e. The number of carbonyl (C=O) groups excluding carboxylic acids is 1. The van der Waals surface area contributed by atoms with Crippen LogP contribution in [-0.2, 0) is 6.42 Å². The smallest absolute Gasteiger partial charge is 0.277 e. The molecule has 0 saturated heterocycles. The van der Waals surface area contributed by atoms with Gasteiger partial charge in [0, 0.05) is 12.0 Å². The molecule has 6 heteroatoms. The number of nitro groups is 1. The molecule has 17 heavy (non-hydrogen) atoms. The number of hydrogen-bond donors (Lipinski definition) is 0. The Balaban J connectivity index is 2.77. The highest BCUT2D eigenvalue weighted by atomic mass is 16.6. The fourth-order valence-corrected chi connectivity index (χ4v) is 2.09. The summed E-state index contributed by atoms with van der Waals surface area (Å²) in [4.78, 5) is 22.2. The van der Waals surface area contributed by atoms with Gasteiger partial charge in [0.25, 0.3) is 5.69 Å². The van der Waals surface area contributed by atoms with E-state index in [-0.39, 0.29) is 29.4 Å². The van der Waals surface area contributed by atoms with Gasteiger partial charge in [0.2, 0.25) is 0 Å². The Morgan fingerprint density at radius 3 is 2.53 bits per heavy atom. The second-order valence-corrected chi connectivity index (χ2v) is 3.67. The van der Waals surface area contributed by atoms with Crippen LogP contribution in [-0.4, -0.2) is 24.9 Å². The van der Waals surface area contributed by atoms with Crippen molar-refractivity contribution < 1.29 is 19.2 Å². The summed E-state index contributed by atoms with van der Waals surface area (Å²) in [5.41, 5.74) is 0.653. The molecule has 0 heterocycles. The first-order valence-corrected chi connectivity index (χ1v) is 5.05. The van der Waals surface area contributed by atoms with Crippen molar-refractivity contribution in [1.29, 1.82) is 0 Å². The van der Waals surface area contributed by atoms with Gasteiger partial charge in [-0.1, -0.05) is 0 Å². The van der Waals surface area contributed by atoms with Crippen molar-refractivity contribution in [3.8, 4) is 11.5 Å². The van der Waals surface area contributed by atoms with Gasteiger partial charge in [-0.05, 0) is 6.42 Å². The van der Waals surface area contributed by atoms with Gasteiger partial charge in [0.15, 0.2) is 17.3 Å². The van der Waals surface area contributed by atoms with Crippen LogP contribution in [0, 0.1) is 10.1 Å². The van der Waals surface area contributed by atoms with E-state index < -0.39 is 4.92 Å². The van der Waals surface area contributed by atoms with Gasteiger partial charge in [-0.25, -0.2) is 0 Å². The van der Waals surface area contributed by atoms with E-state index in [0.29, 0.717) is 17.5 Å². The van der Waals surface area contributed by atoms with Crippen molar-refractivity contribution >= 4 is 11.5 Å². The van der Waals surface area contributed by atoms with E-state index in [1.807, 2.05) is 0 Å². The summed E-state index contributed by atoms with van der Waals surface area (Å²) in [6, 6.07) is 1.30. The normalized spacial score (nSPS) is 13.4. The van der Waals surface area contributed by atoms with Gasteiger partial charge in [-0.3, -0.25) is 14.9 Å². The van der Waals surface area contributed by atoms with E-state index in [9.17, 15) is 14.9 Å². The van der Waals surface area contributed by atoms with Crippen molar-refractivity contribution in [2.24, 2.45) is 0 Å². The van der Waals surface area contributed by atoms with Crippen molar-refractivity contribution in [3.63, 3.8) is 0 Å². The molecule has 0 atom stereocenters. The zero-order chi connectivity index (χ0) is 12.6. The van der Waals surface area contributed by atoms with E-state index in [1.54, 1.807) is 0 Å². The average Bonchev–Trinajstić information content (AvgIpc) is 2.69. The van der Waals surface area contributed by atoms with Gasteiger partial charge in [0.1, 0.15) is 0 Å². The lowest BCUT2D eigenvalue weighted by Gasteiger charge is -2.11. The third kappa shape index (κ3) is 1.61. The summed E-state index contributed by atoms with van der Waals surface area (Å²) in [7, 11) is 2.79. The van der Waals surface area contributed by atoms with Crippen LogP contribution in [0.4, 0.5) is 5.69 Å². The number of nitrogens with zero attached hydrogens (tertiary/aromatic N) is 1. The first-order valence-electron chi connectivity index (χ1n) is 5.05. The minimum Gasteiger partial charge on any atom is -0.493 e. The number of hydrogen-bond acceptors (Lipinski definition) is 5. The van der Waals surface area contributed by atoms with Crippen LogP contribution >= 0.6 is 0 Å². The minimum absolute atomic E-state index is 0.0801. The minimum atomic E-state index is -0.501. The number of methoxy groups -OCH3 is 2. The fraction of sp³-hybridized carbons (Fsp3) is 0.364. The molecule has 1 aromatic rings. The first kappa shape index (κ1) is 11.4. The topological polar surface area (TPSA) is 78.7 Å². The Morgan fingerprint density at radius 2 is 2.00 bits per heavy atom. The Morgan fingerprint density at radius 1 is 1.29 bits per heavy atom. The van der Waals surface area contributed by atoms with Crippen LogP contribution in [0.2, 0.25) is 0 Å². The van der Waals surface area contributed by atoms with Gasteiger partial charge < -0.3 is 9.47 Å². The van der Waals surface area contributed by atoms with Crippen LogP contribution in [0.15, 0.2) is 6.07 Å². The molecule has 0 N–H and O–H groups in total. The molecule has 0 unspecified atom stereocenters. The highest BCUT2D eigenvalue weighted by Gasteiger charge is 2.33. The molecule has 0 radical (unpaired) electrons. The Labute approximate surface area is 97.3 Å².